The van der Waals surface area contributed by atoms with Gasteiger partial charge in [0.05, 0.1) is 0 Å². The molecule has 0 aliphatic rings. The highest BCUT2D eigenvalue weighted by molar-refractivity contribution is 5.89. The molecule has 0 saturated heterocycles. The Labute approximate surface area is 127 Å². The lowest BCUT2D eigenvalue weighted by atomic mass is 10.2. The highest BCUT2D eigenvalue weighted by Gasteiger charge is 1.86. The molecule has 0 amide bonds. The van der Waals surface area contributed by atoms with Crippen molar-refractivity contribution in [2.45, 2.75) is 20.3 Å². The molecule has 0 spiro atoms. The molecular weight excluding hydrogens is 256 g/mol. The van der Waals surface area contributed by atoms with Crippen LogP contribution in [-0.4, -0.2) is 5.78 Å². The van der Waals surface area contributed by atoms with E-state index in [-0.39, 0.29) is 5.78 Å². The minimum atomic E-state index is 0.147. The Balaban J connectivity index is 2.41. The topological polar surface area (TPSA) is 17.1 Å². The lowest BCUT2D eigenvalue weighted by Gasteiger charge is -1.88. The van der Waals surface area contributed by atoms with E-state index in [2.05, 4.69) is 18.2 Å². The van der Waals surface area contributed by atoms with Crippen LogP contribution in [0.1, 0.15) is 25.8 Å². The standard InChI is InChI=1S/C20H22O/c1-3-20(21)17-11-13-18(2)12-7-4-5-8-14-19-15-9-6-10-16-19/h4-17H,3H2,1-2H3/b5-4+,12-7+,14-8+,17-11+,18-13+. The van der Waals surface area contributed by atoms with Gasteiger partial charge in [-0.1, -0.05) is 91.4 Å². The minimum absolute atomic E-state index is 0.147. The van der Waals surface area contributed by atoms with Crippen LogP contribution in [0, 0.1) is 0 Å². The fraction of sp³-hybridized carbons (Fsp3) is 0.150. The first-order valence-corrected chi connectivity index (χ1v) is 7.16. The maximum Gasteiger partial charge on any atom is 0.155 e. The Morgan fingerprint density at radius 1 is 0.952 bits per heavy atom. The quantitative estimate of drug-likeness (QED) is 0.489. The summed E-state index contributed by atoms with van der Waals surface area (Å²) in [6.07, 6.45) is 17.9. The molecule has 1 nitrogen and oxygen atoms in total. The Kier molecular flexibility index (Phi) is 8.23. The summed E-state index contributed by atoms with van der Waals surface area (Å²) in [5, 5.41) is 0. The van der Waals surface area contributed by atoms with Gasteiger partial charge in [-0.15, -0.1) is 0 Å². The maximum absolute atomic E-state index is 11.1. The molecular formula is C20H22O. The molecule has 0 unspecified atom stereocenters. The Hall–Kier alpha value is -2.41. The van der Waals surface area contributed by atoms with Gasteiger partial charge in [-0.2, -0.15) is 0 Å². The van der Waals surface area contributed by atoms with Crippen LogP contribution < -0.4 is 0 Å². The van der Waals surface area contributed by atoms with Crippen molar-refractivity contribution in [3.8, 4) is 0 Å². The number of allylic oxidation sites excluding steroid dienone is 9. The van der Waals surface area contributed by atoms with E-state index in [9.17, 15) is 4.79 Å². The van der Waals surface area contributed by atoms with Crippen molar-refractivity contribution in [3.05, 3.63) is 90.1 Å². The third-order valence-electron chi connectivity index (χ3n) is 2.77. The summed E-state index contributed by atoms with van der Waals surface area (Å²) >= 11 is 0. The average Bonchev–Trinajstić information content (AvgIpc) is 2.51. The highest BCUT2D eigenvalue weighted by atomic mass is 16.1. The first-order chi connectivity index (χ1) is 10.2. The van der Waals surface area contributed by atoms with Crippen molar-refractivity contribution >= 4 is 11.9 Å². The van der Waals surface area contributed by atoms with E-state index in [1.165, 1.54) is 5.56 Å². The van der Waals surface area contributed by atoms with Gasteiger partial charge in [-0.05, 0) is 18.6 Å². The van der Waals surface area contributed by atoms with Crippen LogP contribution in [0.15, 0.2) is 84.5 Å². The van der Waals surface area contributed by atoms with Crippen molar-refractivity contribution < 1.29 is 4.79 Å². The van der Waals surface area contributed by atoms with Gasteiger partial charge in [0.1, 0.15) is 0 Å². The number of ketones is 1. The molecule has 0 N–H and O–H groups in total. The number of hydrogen-bond donors (Lipinski definition) is 0. The van der Waals surface area contributed by atoms with Crippen molar-refractivity contribution in [2.24, 2.45) is 0 Å². The number of benzene rings is 1. The van der Waals surface area contributed by atoms with Crippen molar-refractivity contribution in [1.29, 1.82) is 0 Å². The molecule has 1 heteroatoms. The monoisotopic (exact) mass is 278 g/mol. The van der Waals surface area contributed by atoms with Crippen LogP contribution in [0.4, 0.5) is 0 Å². The van der Waals surface area contributed by atoms with E-state index in [1.807, 2.05) is 68.5 Å². The second-order valence-corrected chi connectivity index (χ2v) is 4.60. The molecule has 0 saturated carbocycles. The van der Waals surface area contributed by atoms with Crippen LogP contribution in [-0.2, 0) is 4.79 Å². The number of hydrogen-bond acceptors (Lipinski definition) is 1. The van der Waals surface area contributed by atoms with E-state index in [4.69, 9.17) is 0 Å². The highest BCUT2D eigenvalue weighted by Crippen LogP contribution is 2.01. The van der Waals surface area contributed by atoms with Gasteiger partial charge >= 0.3 is 0 Å². The Bertz CT molecular complexity index is 569. The van der Waals surface area contributed by atoms with Gasteiger partial charge in [0.2, 0.25) is 0 Å². The molecule has 1 aromatic rings. The second kappa shape index (κ2) is 10.4. The van der Waals surface area contributed by atoms with E-state index < -0.39 is 0 Å². The molecule has 21 heavy (non-hydrogen) atoms. The third kappa shape index (κ3) is 8.38. The summed E-state index contributed by atoms with van der Waals surface area (Å²) in [7, 11) is 0. The summed E-state index contributed by atoms with van der Waals surface area (Å²) in [5.41, 5.74) is 2.29. The maximum atomic E-state index is 11.1. The third-order valence-corrected chi connectivity index (χ3v) is 2.77. The molecule has 0 aliphatic carbocycles. The van der Waals surface area contributed by atoms with Crippen molar-refractivity contribution in [2.75, 3.05) is 0 Å². The largest absolute Gasteiger partial charge is 0.295 e. The molecule has 0 aliphatic heterocycles. The Morgan fingerprint density at radius 2 is 1.67 bits per heavy atom. The molecule has 0 heterocycles. The lowest BCUT2D eigenvalue weighted by molar-refractivity contribution is -0.114. The van der Waals surface area contributed by atoms with Crippen molar-refractivity contribution in [1.82, 2.24) is 0 Å². The van der Waals surface area contributed by atoms with E-state index >= 15 is 0 Å². The minimum Gasteiger partial charge on any atom is -0.295 e. The smallest absolute Gasteiger partial charge is 0.155 e. The number of rotatable bonds is 7. The van der Waals surface area contributed by atoms with Gasteiger partial charge in [0, 0.05) is 6.42 Å². The molecule has 0 atom stereocenters. The number of carbonyl (C=O) groups excluding carboxylic acids is 1. The predicted molar refractivity (Wildman–Crippen MR) is 92.0 cm³/mol. The van der Waals surface area contributed by atoms with Gasteiger partial charge in [0.25, 0.3) is 0 Å². The van der Waals surface area contributed by atoms with Crippen LogP contribution >= 0.6 is 0 Å². The van der Waals surface area contributed by atoms with Gasteiger partial charge < -0.3 is 0 Å². The fourth-order valence-corrected chi connectivity index (χ4v) is 1.55. The zero-order valence-corrected chi connectivity index (χ0v) is 12.7. The molecule has 1 aromatic carbocycles. The van der Waals surface area contributed by atoms with Gasteiger partial charge in [-0.25, -0.2) is 0 Å². The number of carbonyl (C=O) groups is 1. The van der Waals surface area contributed by atoms with Gasteiger partial charge in [-0.3, -0.25) is 4.79 Å². The van der Waals surface area contributed by atoms with E-state index in [0.717, 1.165) is 5.57 Å². The molecule has 0 bridgehead atoms. The summed E-state index contributed by atoms with van der Waals surface area (Å²) in [5.74, 6) is 0.147. The SMILES string of the molecule is CCC(=O)/C=C/C=C(C)/C=C/C=C/C=C/c1ccccc1. The second-order valence-electron chi connectivity index (χ2n) is 4.60. The van der Waals surface area contributed by atoms with E-state index in [0.29, 0.717) is 6.42 Å². The molecule has 108 valence electrons. The summed E-state index contributed by atoms with van der Waals surface area (Å²) < 4.78 is 0. The summed E-state index contributed by atoms with van der Waals surface area (Å²) in [6.45, 7) is 3.86. The predicted octanol–water partition coefficient (Wildman–Crippen LogP) is 5.29. The molecule has 1 rings (SSSR count). The first-order valence-electron chi connectivity index (χ1n) is 7.16. The average molecular weight is 278 g/mol. The first kappa shape index (κ1) is 16.6. The van der Waals surface area contributed by atoms with Crippen molar-refractivity contribution in [3.63, 3.8) is 0 Å². The lowest BCUT2D eigenvalue weighted by Crippen LogP contribution is -1.85. The molecule has 0 fully saturated rings. The van der Waals surface area contributed by atoms with Crippen LogP contribution in [0.3, 0.4) is 0 Å². The zero-order valence-electron chi connectivity index (χ0n) is 12.7. The molecule has 0 aromatic heterocycles. The summed E-state index contributed by atoms with van der Waals surface area (Å²) in [4.78, 5) is 11.1. The van der Waals surface area contributed by atoms with Gasteiger partial charge in [0.15, 0.2) is 5.78 Å². The van der Waals surface area contributed by atoms with Crippen LogP contribution in [0.25, 0.3) is 6.08 Å². The zero-order chi connectivity index (χ0) is 15.3. The van der Waals surface area contributed by atoms with Crippen LogP contribution in [0.2, 0.25) is 0 Å². The van der Waals surface area contributed by atoms with Crippen LogP contribution in [0.5, 0.6) is 0 Å². The Morgan fingerprint density at radius 3 is 2.38 bits per heavy atom. The summed E-state index contributed by atoms with van der Waals surface area (Å²) in [6, 6.07) is 10.2. The molecule has 0 radical (unpaired) electrons. The normalized spacial score (nSPS) is 13.1. The van der Waals surface area contributed by atoms with E-state index in [1.54, 1.807) is 12.2 Å². The fourth-order valence-electron chi connectivity index (χ4n) is 1.55.